The maximum atomic E-state index is 11.2. The summed E-state index contributed by atoms with van der Waals surface area (Å²) in [7, 11) is 1.43. The minimum absolute atomic E-state index is 0.0869. The number of hydrogen-bond acceptors (Lipinski definition) is 4. The van der Waals surface area contributed by atoms with Gasteiger partial charge in [-0.3, -0.25) is 9.59 Å². The van der Waals surface area contributed by atoms with E-state index in [1.807, 2.05) is 0 Å². The monoisotopic (exact) mass is 394 g/mol. The van der Waals surface area contributed by atoms with E-state index in [4.69, 9.17) is 0 Å². The molecule has 0 spiro atoms. The van der Waals surface area contributed by atoms with Crippen LogP contribution in [0, 0.1) is 11.3 Å². The number of hydrogen-bond donors (Lipinski definition) is 1. The fraction of sp³-hybridized carbons (Fsp3) is 0.833. The maximum Gasteiger partial charge on any atom is 0.305 e. The van der Waals surface area contributed by atoms with Crippen LogP contribution in [0.5, 0.6) is 0 Å². The molecule has 0 heterocycles. The van der Waals surface area contributed by atoms with Crippen LogP contribution >= 0.6 is 0 Å². The van der Waals surface area contributed by atoms with Gasteiger partial charge in [0.1, 0.15) is 5.78 Å². The van der Waals surface area contributed by atoms with Crippen LogP contribution in [-0.4, -0.2) is 30.1 Å². The Morgan fingerprint density at radius 2 is 2.00 bits per heavy atom. The van der Waals surface area contributed by atoms with Gasteiger partial charge in [-0.25, -0.2) is 0 Å². The lowest BCUT2D eigenvalue weighted by molar-refractivity contribution is -0.140. The van der Waals surface area contributed by atoms with Crippen molar-refractivity contribution in [1.82, 2.24) is 0 Å². The highest BCUT2D eigenvalue weighted by atomic mass is 16.5. The Kier molecular flexibility index (Phi) is 12.4. The Morgan fingerprint density at radius 3 is 2.50 bits per heavy atom. The number of methoxy groups -OCH3 is 1. The summed E-state index contributed by atoms with van der Waals surface area (Å²) in [5, 5.41) is 10.4. The molecule has 0 bridgehead atoms. The SMILES string of the molecule is CCCC1(C(O)C/C=C/C2CCC(=O)C2)CCC1.CCCCCCC(=O)OC. The molecule has 0 amide bonds. The lowest BCUT2D eigenvalue weighted by atomic mass is 9.62. The number of ketones is 1. The minimum Gasteiger partial charge on any atom is -0.469 e. The third-order valence-electron chi connectivity index (χ3n) is 6.32. The summed E-state index contributed by atoms with van der Waals surface area (Å²) in [6, 6.07) is 0. The van der Waals surface area contributed by atoms with Crippen molar-refractivity contribution in [3.8, 4) is 0 Å². The average molecular weight is 395 g/mol. The average Bonchev–Trinajstić information content (AvgIpc) is 3.07. The number of rotatable bonds is 11. The van der Waals surface area contributed by atoms with E-state index >= 15 is 0 Å². The van der Waals surface area contributed by atoms with Crippen LogP contribution in [0.15, 0.2) is 12.2 Å². The molecule has 0 aliphatic heterocycles. The molecule has 0 aromatic heterocycles. The van der Waals surface area contributed by atoms with Gasteiger partial charge in [-0.1, -0.05) is 58.1 Å². The van der Waals surface area contributed by atoms with Crippen LogP contribution in [-0.2, 0) is 14.3 Å². The second-order valence-electron chi connectivity index (χ2n) is 8.57. The van der Waals surface area contributed by atoms with Crippen molar-refractivity contribution in [3.05, 3.63) is 12.2 Å². The molecule has 2 saturated carbocycles. The van der Waals surface area contributed by atoms with Crippen LogP contribution in [0.3, 0.4) is 0 Å². The van der Waals surface area contributed by atoms with Crippen LogP contribution in [0.1, 0.15) is 104 Å². The molecular weight excluding hydrogens is 352 g/mol. The molecule has 0 saturated heterocycles. The molecule has 0 aromatic carbocycles. The molecule has 2 fully saturated rings. The Hall–Kier alpha value is -1.16. The highest BCUT2D eigenvalue weighted by Crippen LogP contribution is 2.48. The van der Waals surface area contributed by atoms with E-state index in [1.54, 1.807) is 0 Å². The summed E-state index contributed by atoms with van der Waals surface area (Å²) in [4.78, 5) is 21.7. The second kappa shape index (κ2) is 13.9. The van der Waals surface area contributed by atoms with Crippen molar-refractivity contribution in [2.75, 3.05) is 7.11 Å². The predicted octanol–water partition coefficient (Wildman–Crippen LogP) is 5.76. The molecule has 0 aromatic rings. The lowest BCUT2D eigenvalue weighted by Gasteiger charge is -2.45. The van der Waals surface area contributed by atoms with Crippen molar-refractivity contribution >= 4 is 11.8 Å². The van der Waals surface area contributed by atoms with Gasteiger partial charge in [-0.15, -0.1) is 0 Å². The predicted molar refractivity (Wildman–Crippen MR) is 114 cm³/mol. The zero-order valence-electron chi connectivity index (χ0n) is 18.4. The van der Waals surface area contributed by atoms with Crippen LogP contribution in [0.4, 0.5) is 0 Å². The summed E-state index contributed by atoms with van der Waals surface area (Å²) in [5.41, 5.74) is 0.213. The topological polar surface area (TPSA) is 63.6 Å². The van der Waals surface area contributed by atoms with E-state index in [9.17, 15) is 14.7 Å². The van der Waals surface area contributed by atoms with Crippen molar-refractivity contribution in [3.63, 3.8) is 0 Å². The Morgan fingerprint density at radius 1 is 1.25 bits per heavy atom. The van der Waals surface area contributed by atoms with E-state index in [0.717, 1.165) is 44.9 Å². The highest BCUT2D eigenvalue weighted by molar-refractivity contribution is 5.80. The fourth-order valence-corrected chi connectivity index (χ4v) is 4.33. The molecule has 2 atom stereocenters. The molecule has 4 heteroatoms. The van der Waals surface area contributed by atoms with Gasteiger partial charge in [0.25, 0.3) is 0 Å². The quantitative estimate of drug-likeness (QED) is 0.275. The molecule has 2 unspecified atom stereocenters. The largest absolute Gasteiger partial charge is 0.469 e. The van der Waals surface area contributed by atoms with Gasteiger partial charge in [0.05, 0.1) is 13.2 Å². The molecule has 28 heavy (non-hydrogen) atoms. The highest BCUT2D eigenvalue weighted by Gasteiger charge is 2.41. The Balaban J connectivity index is 0.000000336. The maximum absolute atomic E-state index is 11.2. The van der Waals surface area contributed by atoms with Crippen LogP contribution < -0.4 is 0 Å². The molecule has 2 aliphatic rings. The first-order valence-corrected chi connectivity index (χ1v) is 11.4. The first-order valence-electron chi connectivity index (χ1n) is 11.4. The number of ether oxygens (including phenoxy) is 1. The number of esters is 1. The molecule has 1 N–H and O–H groups in total. The zero-order valence-corrected chi connectivity index (χ0v) is 18.4. The Bertz CT molecular complexity index is 479. The number of Topliss-reactive ketones (excluding diaryl/α,β-unsaturated/α-hetero) is 1. The smallest absolute Gasteiger partial charge is 0.305 e. The van der Waals surface area contributed by atoms with Crippen molar-refractivity contribution in [2.45, 2.75) is 110 Å². The normalized spacial score (nSPS) is 21.7. The van der Waals surface area contributed by atoms with Gasteiger partial charge in [0, 0.05) is 19.3 Å². The molecule has 2 rings (SSSR count). The number of allylic oxidation sites excluding steroid dienone is 1. The molecule has 4 nitrogen and oxygen atoms in total. The summed E-state index contributed by atoms with van der Waals surface area (Å²) in [6.45, 7) is 4.35. The number of aliphatic hydroxyl groups excluding tert-OH is 1. The van der Waals surface area contributed by atoms with E-state index in [2.05, 4.69) is 30.7 Å². The van der Waals surface area contributed by atoms with E-state index in [1.165, 1.54) is 39.2 Å². The van der Waals surface area contributed by atoms with Crippen molar-refractivity contribution in [2.24, 2.45) is 11.3 Å². The third-order valence-corrected chi connectivity index (χ3v) is 6.32. The van der Waals surface area contributed by atoms with Crippen LogP contribution in [0.25, 0.3) is 0 Å². The van der Waals surface area contributed by atoms with Gasteiger partial charge in [0.2, 0.25) is 0 Å². The number of unbranched alkanes of at least 4 members (excludes halogenated alkanes) is 3. The van der Waals surface area contributed by atoms with Crippen molar-refractivity contribution in [1.29, 1.82) is 0 Å². The summed E-state index contributed by atoms with van der Waals surface area (Å²) < 4.78 is 4.49. The Labute approximate surface area is 172 Å². The minimum atomic E-state index is -0.181. The summed E-state index contributed by atoms with van der Waals surface area (Å²) in [5.74, 6) is 0.746. The lowest BCUT2D eigenvalue weighted by Crippen LogP contribution is -2.41. The van der Waals surface area contributed by atoms with Gasteiger partial charge < -0.3 is 9.84 Å². The van der Waals surface area contributed by atoms with E-state index in [-0.39, 0.29) is 17.5 Å². The van der Waals surface area contributed by atoms with Crippen molar-refractivity contribution < 1.29 is 19.4 Å². The van der Waals surface area contributed by atoms with Crippen LogP contribution in [0.2, 0.25) is 0 Å². The standard InChI is InChI=1S/C16H26O2.C8H16O2/c1-2-9-16(10-4-11-16)15(18)6-3-5-13-7-8-14(17)12-13;1-3-4-5-6-7-8(9)10-2/h3,5,13,15,18H,2,4,6-12H2,1H3;3-7H2,1-2H3/b5-3+;. The van der Waals surface area contributed by atoms with E-state index in [0.29, 0.717) is 24.5 Å². The molecular formula is C24H42O4. The van der Waals surface area contributed by atoms with Gasteiger partial charge in [-0.05, 0) is 49.9 Å². The summed E-state index contributed by atoms with van der Waals surface area (Å²) >= 11 is 0. The fourth-order valence-electron chi connectivity index (χ4n) is 4.33. The van der Waals surface area contributed by atoms with Gasteiger partial charge in [0.15, 0.2) is 0 Å². The first-order chi connectivity index (χ1) is 13.5. The molecule has 0 radical (unpaired) electrons. The summed E-state index contributed by atoms with van der Waals surface area (Å²) in [6.07, 6.45) is 18.4. The van der Waals surface area contributed by atoms with Gasteiger partial charge >= 0.3 is 5.97 Å². The number of carbonyl (C=O) groups is 2. The van der Waals surface area contributed by atoms with Gasteiger partial charge in [-0.2, -0.15) is 0 Å². The number of aliphatic hydroxyl groups is 1. The number of carbonyl (C=O) groups excluding carboxylic acids is 2. The zero-order chi connectivity index (χ0) is 20.8. The second-order valence-corrected chi connectivity index (χ2v) is 8.57. The van der Waals surface area contributed by atoms with E-state index < -0.39 is 0 Å². The third kappa shape index (κ3) is 8.89. The first kappa shape index (κ1) is 24.9. The molecule has 2 aliphatic carbocycles. The molecule has 162 valence electrons.